The first-order valence-corrected chi connectivity index (χ1v) is 5.03. The molecule has 0 atom stereocenters. The molecule has 0 saturated heterocycles. The zero-order valence-corrected chi connectivity index (χ0v) is 9.17. The summed E-state index contributed by atoms with van der Waals surface area (Å²) in [6, 6.07) is 9.92. The van der Waals surface area contributed by atoms with E-state index in [0.29, 0.717) is 12.0 Å². The van der Waals surface area contributed by atoms with E-state index in [9.17, 15) is 9.59 Å². The van der Waals surface area contributed by atoms with E-state index in [0.717, 1.165) is 5.56 Å². The van der Waals surface area contributed by atoms with Gasteiger partial charge in [0.05, 0.1) is 0 Å². The van der Waals surface area contributed by atoms with E-state index in [1.807, 2.05) is 13.0 Å². The predicted octanol–water partition coefficient (Wildman–Crippen LogP) is 2.62. The highest BCUT2D eigenvalue weighted by Gasteiger charge is 2.13. The summed E-state index contributed by atoms with van der Waals surface area (Å²) < 4.78 is 10.0. The summed E-state index contributed by atoms with van der Waals surface area (Å²) in [5.41, 5.74) is 0.989. The van der Waals surface area contributed by atoms with Crippen LogP contribution in [-0.4, -0.2) is 12.3 Å². The van der Waals surface area contributed by atoms with Gasteiger partial charge in [-0.05, 0) is 36.8 Å². The van der Waals surface area contributed by atoms with E-state index >= 15 is 0 Å². The minimum atomic E-state index is -0.622. The van der Waals surface area contributed by atoms with Crippen LogP contribution in [0.2, 0.25) is 0 Å². The lowest BCUT2D eigenvalue weighted by Gasteiger charge is -2.02. The van der Waals surface area contributed by atoms with Crippen molar-refractivity contribution in [1.29, 1.82) is 0 Å². The molecule has 0 fully saturated rings. The van der Waals surface area contributed by atoms with E-state index in [4.69, 9.17) is 9.15 Å². The van der Waals surface area contributed by atoms with Crippen LogP contribution in [0.1, 0.15) is 26.7 Å². The molecule has 0 amide bonds. The minimum Gasteiger partial charge on any atom is -0.446 e. The van der Waals surface area contributed by atoms with Crippen LogP contribution in [0.5, 0.6) is 5.75 Å². The number of hydrogen-bond acceptors (Lipinski definition) is 4. The van der Waals surface area contributed by atoms with Crippen molar-refractivity contribution in [3.63, 3.8) is 0 Å². The standard InChI is InChI=1S/C13H10O4/c1-9-3-2-4-10(7-9)17-13(15)12-6-5-11(8-14)16-12/h2-8H,1H3. The Hall–Kier alpha value is -2.36. The molecular formula is C13H10O4. The van der Waals surface area contributed by atoms with Crippen molar-refractivity contribution in [3.8, 4) is 5.75 Å². The van der Waals surface area contributed by atoms with Crippen LogP contribution in [0, 0.1) is 6.92 Å². The minimum absolute atomic E-state index is 0.00797. The van der Waals surface area contributed by atoms with Gasteiger partial charge < -0.3 is 9.15 Å². The van der Waals surface area contributed by atoms with Gasteiger partial charge in [0.25, 0.3) is 0 Å². The van der Waals surface area contributed by atoms with Crippen molar-refractivity contribution in [1.82, 2.24) is 0 Å². The smallest absolute Gasteiger partial charge is 0.379 e. The van der Waals surface area contributed by atoms with Gasteiger partial charge in [-0.2, -0.15) is 0 Å². The zero-order valence-electron chi connectivity index (χ0n) is 9.17. The molecule has 0 aliphatic carbocycles. The molecule has 0 unspecified atom stereocenters. The van der Waals surface area contributed by atoms with Gasteiger partial charge in [0.2, 0.25) is 5.76 Å². The fraction of sp³-hybridized carbons (Fsp3) is 0.0769. The van der Waals surface area contributed by atoms with E-state index in [1.54, 1.807) is 18.2 Å². The van der Waals surface area contributed by atoms with E-state index in [2.05, 4.69) is 0 Å². The van der Waals surface area contributed by atoms with Crippen LogP contribution >= 0.6 is 0 Å². The molecule has 4 nitrogen and oxygen atoms in total. The predicted molar refractivity (Wildman–Crippen MR) is 60.2 cm³/mol. The van der Waals surface area contributed by atoms with Gasteiger partial charge in [0, 0.05) is 0 Å². The highest BCUT2D eigenvalue weighted by molar-refractivity contribution is 5.89. The number of esters is 1. The van der Waals surface area contributed by atoms with Crippen molar-refractivity contribution in [2.45, 2.75) is 6.92 Å². The Bertz CT molecular complexity index is 554. The van der Waals surface area contributed by atoms with Gasteiger partial charge in [0.15, 0.2) is 12.0 Å². The summed E-state index contributed by atoms with van der Waals surface area (Å²) in [6.07, 6.45) is 0.531. The number of rotatable bonds is 3. The molecule has 0 saturated carbocycles. The third-order valence-corrected chi connectivity index (χ3v) is 2.14. The third kappa shape index (κ3) is 2.60. The van der Waals surface area contributed by atoms with E-state index in [1.165, 1.54) is 12.1 Å². The average Bonchev–Trinajstić information content (AvgIpc) is 2.77. The van der Waals surface area contributed by atoms with Gasteiger partial charge in [-0.15, -0.1) is 0 Å². The van der Waals surface area contributed by atoms with Crippen LogP contribution < -0.4 is 4.74 Å². The Morgan fingerprint density at radius 1 is 1.29 bits per heavy atom. The van der Waals surface area contributed by atoms with Crippen molar-refractivity contribution in [2.75, 3.05) is 0 Å². The number of aryl methyl sites for hydroxylation is 1. The lowest BCUT2D eigenvalue weighted by Crippen LogP contribution is -2.07. The Labute approximate surface area is 97.8 Å². The summed E-state index contributed by atoms with van der Waals surface area (Å²) in [6.45, 7) is 1.90. The number of hydrogen-bond donors (Lipinski definition) is 0. The maximum absolute atomic E-state index is 11.6. The van der Waals surface area contributed by atoms with Crippen molar-refractivity contribution >= 4 is 12.3 Å². The highest BCUT2D eigenvalue weighted by Crippen LogP contribution is 2.15. The topological polar surface area (TPSA) is 56.5 Å². The lowest BCUT2D eigenvalue weighted by atomic mass is 10.2. The molecule has 0 N–H and O–H groups in total. The molecule has 17 heavy (non-hydrogen) atoms. The Balaban J connectivity index is 2.14. The van der Waals surface area contributed by atoms with Crippen molar-refractivity contribution in [3.05, 3.63) is 53.5 Å². The summed E-state index contributed by atoms with van der Waals surface area (Å²) in [4.78, 5) is 22.0. The second kappa shape index (κ2) is 4.65. The number of ether oxygens (including phenoxy) is 1. The Morgan fingerprint density at radius 2 is 2.12 bits per heavy atom. The molecule has 0 aliphatic heterocycles. The molecule has 0 aliphatic rings. The maximum atomic E-state index is 11.6. The zero-order chi connectivity index (χ0) is 12.3. The van der Waals surface area contributed by atoms with Gasteiger partial charge in [-0.1, -0.05) is 12.1 Å². The van der Waals surface area contributed by atoms with Gasteiger partial charge >= 0.3 is 5.97 Å². The first-order chi connectivity index (χ1) is 8.19. The van der Waals surface area contributed by atoms with Gasteiger partial charge in [0.1, 0.15) is 5.75 Å². The third-order valence-electron chi connectivity index (χ3n) is 2.14. The van der Waals surface area contributed by atoms with Crippen LogP contribution in [0.3, 0.4) is 0 Å². The van der Waals surface area contributed by atoms with Crippen molar-refractivity contribution < 1.29 is 18.7 Å². The van der Waals surface area contributed by atoms with Crippen LogP contribution in [0.15, 0.2) is 40.8 Å². The monoisotopic (exact) mass is 230 g/mol. The van der Waals surface area contributed by atoms with Crippen LogP contribution in [0.4, 0.5) is 0 Å². The molecular weight excluding hydrogens is 220 g/mol. The van der Waals surface area contributed by atoms with E-state index in [-0.39, 0.29) is 11.5 Å². The first kappa shape index (κ1) is 11.1. The molecule has 2 rings (SSSR count). The molecule has 0 radical (unpaired) electrons. The Kier molecular flexibility index (Phi) is 3.05. The van der Waals surface area contributed by atoms with Crippen LogP contribution in [0.25, 0.3) is 0 Å². The maximum Gasteiger partial charge on any atom is 0.379 e. The summed E-state index contributed by atoms with van der Waals surface area (Å²) in [5.74, 6) is -0.0717. The lowest BCUT2D eigenvalue weighted by molar-refractivity contribution is 0.0700. The normalized spacial score (nSPS) is 9.94. The summed E-state index contributed by atoms with van der Waals surface area (Å²) >= 11 is 0. The number of benzene rings is 1. The molecule has 86 valence electrons. The molecule has 1 aromatic heterocycles. The molecule has 0 bridgehead atoms. The molecule has 1 heterocycles. The average molecular weight is 230 g/mol. The van der Waals surface area contributed by atoms with Gasteiger partial charge in [-0.25, -0.2) is 4.79 Å². The molecule has 1 aromatic carbocycles. The second-order valence-electron chi connectivity index (χ2n) is 3.53. The second-order valence-corrected chi connectivity index (χ2v) is 3.53. The van der Waals surface area contributed by atoms with Gasteiger partial charge in [-0.3, -0.25) is 4.79 Å². The summed E-state index contributed by atoms with van der Waals surface area (Å²) in [7, 11) is 0. The van der Waals surface area contributed by atoms with Crippen LogP contribution in [-0.2, 0) is 0 Å². The highest BCUT2D eigenvalue weighted by atomic mass is 16.5. The largest absolute Gasteiger partial charge is 0.446 e. The number of carbonyl (C=O) groups is 2. The fourth-order valence-corrected chi connectivity index (χ4v) is 1.36. The number of carbonyl (C=O) groups excluding carboxylic acids is 2. The quantitative estimate of drug-likeness (QED) is 0.462. The SMILES string of the molecule is Cc1cccc(OC(=O)c2ccc(C=O)o2)c1. The Morgan fingerprint density at radius 3 is 2.76 bits per heavy atom. The molecule has 2 aromatic rings. The molecule has 4 heteroatoms. The number of furan rings is 1. The first-order valence-electron chi connectivity index (χ1n) is 5.03. The summed E-state index contributed by atoms with van der Waals surface area (Å²) in [5, 5.41) is 0. The fourth-order valence-electron chi connectivity index (χ4n) is 1.36. The van der Waals surface area contributed by atoms with E-state index < -0.39 is 5.97 Å². The van der Waals surface area contributed by atoms with Crippen molar-refractivity contribution in [2.24, 2.45) is 0 Å². The number of aldehydes is 1. The molecule has 0 spiro atoms.